The van der Waals surface area contributed by atoms with Crippen LogP contribution in [-0.4, -0.2) is 14.8 Å². The standard InChI is InChI=1S/C9H7ClFN3/c1-14-5-12-13-9(14)8-6(10)3-2-4-7(8)11/h2-5H,1H3. The lowest BCUT2D eigenvalue weighted by molar-refractivity contribution is 0.629. The van der Waals surface area contributed by atoms with Gasteiger partial charge in [0, 0.05) is 7.05 Å². The van der Waals surface area contributed by atoms with Crippen LogP contribution in [0.5, 0.6) is 0 Å². The normalized spacial score (nSPS) is 10.5. The summed E-state index contributed by atoms with van der Waals surface area (Å²) < 4.78 is 15.0. The van der Waals surface area contributed by atoms with Crippen LogP contribution in [0.4, 0.5) is 4.39 Å². The number of aromatic nitrogens is 3. The van der Waals surface area contributed by atoms with Crippen molar-refractivity contribution in [1.29, 1.82) is 0 Å². The number of benzene rings is 1. The van der Waals surface area contributed by atoms with E-state index in [1.807, 2.05) is 0 Å². The highest BCUT2D eigenvalue weighted by molar-refractivity contribution is 6.33. The first-order valence-corrected chi connectivity index (χ1v) is 4.36. The SMILES string of the molecule is Cn1cnnc1-c1c(F)cccc1Cl. The molecule has 5 heteroatoms. The molecule has 0 saturated carbocycles. The van der Waals surface area contributed by atoms with E-state index in [2.05, 4.69) is 10.2 Å². The van der Waals surface area contributed by atoms with Crippen molar-refractivity contribution in [2.24, 2.45) is 7.05 Å². The van der Waals surface area contributed by atoms with E-state index in [1.54, 1.807) is 23.7 Å². The monoisotopic (exact) mass is 211 g/mol. The molecule has 0 fully saturated rings. The predicted molar refractivity (Wildman–Crippen MR) is 51.4 cm³/mol. The largest absolute Gasteiger partial charge is 0.317 e. The Morgan fingerprint density at radius 2 is 2.21 bits per heavy atom. The van der Waals surface area contributed by atoms with Crippen LogP contribution in [0.1, 0.15) is 0 Å². The summed E-state index contributed by atoms with van der Waals surface area (Å²) in [5, 5.41) is 7.80. The van der Waals surface area contributed by atoms with Crippen molar-refractivity contribution in [3.05, 3.63) is 35.4 Å². The molecule has 0 aliphatic carbocycles. The van der Waals surface area contributed by atoms with Crippen molar-refractivity contribution in [2.45, 2.75) is 0 Å². The van der Waals surface area contributed by atoms with Gasteiger partial charge in [-0.2, -0.15) is 0 Å². The molecule has 2 aromatic rings. The average Bonchev–Trinajstić information content (AvgIpc) is 2.52. The van der Waals surface area contributed by atoms with Gasteiger partial charge in [0.05, 0.1) is 10.6 Å². The van der Waals surface area contributed by atoms with E-state index in [0.29, 0.717) is 10.8 Å². The molecule has 3 nitrogen and oxygen atoms in total. The molecule has 0 unspecified atom stereocenters. The lowest BCUT2D eigenvalue weighted by Gasteiger charge is -2.03. The Balaban J connectivity index is 2.68. The number of hydrogen-bond donors (Lipinski definition) is 0. The van der Waals surface area contributed by atoms with E-state index in [9.17, 15) is 4.39 Å². The predicted octanol–water partition coefficient (Wildman–Crippen LogP) is 2.27. The number of halogens is 2. The molecular formula is C9H7ClFN3. The molecule has 0 bridgehead atoms. The van der Waals surface area contributed by atoms with Gasteiger partial charge in [0.25, 0.3) is 0 Å². The Bertz CT molecular complexity index is 447. The Morgan fingerprint density at radius 1 is 1.43 bits per heavy atom. The molecule has 0 atom stereocenters. The zero-order chi connectivity index (χ0) is 10.1. The quantitative estimate of drug-likeness (QED) is 0.725. The minimum atomic E-state index is -0.395. The van der Waals surface area contributed by atoms with Gasteiger partial charge in [0.1, 0.15) is 12.1 Å². The molecule has 14 heavy (non-hydrogen) atoms. The summed E-state index contributed by atoms with van der Waals surface area (Å²) in [7, 11) is 1.73. The van der Waals surface area contributed by atoms with Crippen molar-refractivity contribution < 1.29 is 4.39 Å². The van der Waals surface area contributed by atoms with E-state index in [1.165, 1.54) is 12.4 Å². The summed E-state index contributed by atoms with van der Waals surface area (Å²) in [5.74, 6) is 0.0294. The van der Waals surface area contributed by atoms with Crippen molar-refractivity contribution in [3.8, 4) is 11.4 Å². The van der Waals surface area contributed by atoms with Crippen molar-refractivity contribution in [1.82, 2.24) is 14.8 Å². The zero-order valence-corrected chi connectivity index (χ0v) is 8.16. The molecule has 0 amide bonds. The number of aryl methyl sites for hydroxylation is 1. The molecule has 0 spiro atoms. The number of rotatable bonds is 1. The van der Waals surface area contributed by atoms with Gasteiger partial charge in [-0.1, -0.05) is 17.7 Å². The smallest absolute Gasteiger partial charge is 0.167 e. The van der Waals surface area contributed by atoms with Gasteiger partial charge in [-0.25, -0.2) is 4.39 Å². The second-order valence-corrected chi connectivity index (χ2v) is 3.27. The Kier molecular flexibility index (Phi) is 2.21. The van der Waals surface area contributed by atoms with Crippen LogP contribution in [0.2, 0.25) is 5.02 Å². The minimum absolute atomic E-state index is 0.286. The lowest BCUT2D eigenvalue weighted by atomic mass is 10.2. The zero-order valence-electron chi connectivity index (χ0n) is 7.41. The van der Waals surface area contributed by atoms with Crippen LogP contribution in [0, 0.1) is 5.82 Å². The fraction of sp³-hybridized carbons (Fsp3) is 0.111. The molecule has 0 saturated heterocycles. The van der Waals surface area contributed by atoms with E-state index >= 15 is 0 Å². The van der Waals surface area contributed by atoms with Crippen molar-refractivity contribution in [3.63, 3.8) is 0 Å². The third kappa shape index (κ3) is 1.37. The fourth-order valence-electron chi connectivity index (χ4n) is 1.22. The first-order chi connectivity index (χ1) is 6.70. The molecule has 1 heterocycles. The van der Waals surface area contributed by atoms with Crippen LogP contribution in [-0.2, 0) is 7.05 Å². The second kappa shape index (κ2) is 3.38. The maximum atomic E-state index is 13.4. The third-order valence-corrected chi connectivity index (χ3v) is 2.21. The minimum Gasteiger partial charge on any atom is -0.317 e. The Hall–Kier alpha value is -1.42. The topological polar surface area (TPSA) is 30.7 Å². The molecule has 2 rings (SSSR count). The maximum absolute atomic E-state index is 13.4. The highest BCUT2D eigenvalue weighted by Gasteiger charge is 2.13. The highest BCUT2D eigenvalue weighted by atomic mass is 35.5. The summed E-state index contributed by atoms with van der Waals surface area (Å²) in [6.07, 6.45) is 1.50. The number of hydrogen-bond acceptors (Lipinski definition) is 2. The Labute approximate surface area is 85.1 Å². The first kappa shape index (κ1) is 9.15. The van der Waals surface area contributed by atoms with Gasteiger partial charge in [0.15, 0.2) is 5.82 Å². The first-order valence-electron chi connectivity index (χ1n) is 3.98. The van der Waals surface area contributed by atoms with E-state index in [-0.39, 0.29) is 5.56 Å². The fourth-order valence-corrected chi connectivity index (χ4v) is 1.47. The van der Waals surface area contributed by atoms with Crippen LogP contribution in [0.3, 0.4) is 0 Å². The summed E-state index contributed by atoms with van der Waals surface area (Å²) >= 11 is 5.87. The summed E-state index contributed by atoms with van der Waals surface area (Å²) in [5.41, 5.74) is 0.286. The molecule has 1 aromatic heterocycles. The van der Waals surface area contributed by atoms with E-state index < -0.39 is 5.82 Å². The van der Waals surface area contributed by atoms with Gasteiger partial charge in [-0.3, -0.25) is 0 Å². The molecule has 72 valence electrons. The van der Waals surface area contributed by atoms with Gasteiger partial charge in [-0.15, -0.1) is 10.2 Å². The highest BCUT2D eigenvalue weighted by Crippen LogP contribution is 2.28. The molecule has 1 aromatic carbocycles. The van der Waals surface area contributed by atoms with Crippen LogP contribution < -0.4 is 0 Å². The summed E-state index contributed by atoms with van der Waals surface area (Å²) in [4.78, 5) is 0. The average molecular weight is 212 g/mol. The third-order valence-electron chi connectivity index (χ3n) is 1.90. The maximum Gasteiger partial charge on any atom is 0.167 e. The molecule has 0 aliphatic rings. The van der Waals surface area contributed by atoms with Crippen LogP contribution in [0.25, 0.3) is 11.4 Å². The number of nitrogens with zero attached hydrogens (tertiary/aromatic N) is 3. The van der Waals surface area contributed by atoms with Gasteiger partial charge in [0.2, 0.25) is 0 Å². The van der Waals surface area contributed by atoms with E-state index in [0.717, 1.165) is 0 Å². The van der Waals surface area contributed by atoms with Crippen LogP contribution >= 0.6 is 11.6 Å². The summed E-state index contributed by atoms with van der Waals surface area (Å²) in [6.45, 7) is 0. The van der Waals surface area contributed by atoms with E-state index in [4.69, 9.17) is 11.6 Å². The second-order valence-electron chi connectivity index (χ2n) is 2.86. The van der Waals surface area contributed by atoms with Gasteiger partial charge < -0.3 is 4.57 Å². The molecule has 0 aliphatic heterocycles. The molecule has 0 N–H and O–H groups in total. The lowest BCUT2D eigenvalue weighted by Crippen LogP contribution is -1.94. The van der Waals surface area contributed by atoms with Crippen molar-refractivity contribution in [2.75, 3.05) is 0 Å². The molecule has 0 radical (unpaired) electrons. The molecular weight excluding hydrogens is 205 g/mol. The Morgan fingerprint density at radius 3 is 2.79 bits per heavy atom. The summed E-state index contributed by atoms with van der Waals surface area (Å²) in [6, 6.07) is 4.52. The van der Waals surface area contributed by atoms with Crippen LogP contribution in [0.15, 0.2) is 24.5 Å². The van der Waals surface area contributed by atoms with Gasteiger partial charge >= 0.3 is 0 Å². The van der Waals surface area contributed by atoms with Gasteiger partial charge in [-0.05, 0) is 12.1 Å². The van der Waals surface area contributed by atoms with Crippen molar-refractivity contribution >= 4 is 11.6 Å².